The highest BCUT2D eigenvalue weighted by molar-refractivity contribution is 7.89. The lowest BCUT2D eigenvalue weighted by Crippen LogP contribution is -2.32. The first-order valence-corrected chi connectivity index (χ1v) is 11.3. The molecule has 7 heteroatoms. The number of sulfonamides is 1. The molecule has 2 aromatic rings. The van der Waals surface area contributed by atoms with Gasteiger partial charge in [0.25, 0.3) is 5.91 Å². The third kappa shape index (κ3) is 4.40. The number of hydrogen-bond donors (Lipinski definition) is 0. The molecule has 0 atom stereocenters. The van der Waals surface area contributed by atoms with E-state index in [1.54, 1.807) is 13.1 Å². The van der Waals surface area contributed by atoms with Gasteiger partial charge in [0.1, 0.15) is 4.90 Å². The van der Waals surface area contributed by atoms with Gasteiger partial charge in [0, 0.05) is 31.4 Å². The van der Waals surface area contributed by atoms with Crippen molar-refractivity contribution in [3.63, 3.8) is 0 Å². The number of carbonyl (C=O) groups is 1. The van der Waals surface area contributed by atoms with E-state index in [0.29, 0.717) is 18.7 Å². The third-order valence-corrected chi connectivity index (χ3v) is 7.43. The minimum absolute atomic E-state index is 0.000408. The fourth-order valence-electron chi connectivity index (χ4n) is 3.40. The Morgan fingerprint density at radius 2 is 1.71 bits per heavy atom. The first-order valence-electron chi connectivity index (χ1n) is 9.45. The monoisotopic (exact) mass is 420 g/mol. The van der Waals surface area contributed by atoms with Crippen LogP contribution in [0.2, 0.25) is 5.02 Å². The van der Waals surface area contributed by atoms with Crippen molar-refractivity contribution < 1.29 is 13.2 Å². The topological polar surface area (TPSA) is 57.7 Å². The quantitative estimate of drug-likeness (QED) is 0.732. The summed E-state index contributed by atoms with van der Waals surface area (Å²) in [4.78, 5) is 14.5. The molecule has 0 aromatic heterocycles. The summed E-state index contributed by atoms with van der Waals surface area (Å²) >= 11 is 6.23. The van der Waals surface area contributed by atoms with Gasteiger partial charge in [-0.1, -0.05) is 36.6 Å². The van der Waals surface area contributed by atoms with Crippen LogP contribution in [0.5, 0.6) is 0 Å². The molecule has 1 fully saturated rings. The Balaban J connectivity index is 1.93. The molecule has 0 N–H and O–H groups in total. The van der Waals surface area contributed by atoms with Gasteiger partial charge in [0.15, 0.2) is 0 Å². The molecular formula is C21H25ClN2O3S. The van der Waals surface area contributed by atoms with Gasteiger partial charge in [-0.25, -0.2) is 8.42 Å². The molecule has 5 nitrogen and oxygen atoms in total. The molecule has 2 aromatic carbocycles. The highest BCUT2D eigenvalue weighted by Gasteiger charge is 2.28. The van der Waals surface area contributed by atoms with E-state index in [4.69, 9.17) is 11.6 Å². The minimum Gasteiger partial charge on any atom is -0.311 e. The number of aryl methyl sites for hydroxylation is 1. The zero-order chi connectivity index (χ0) is 20.3. The summed E-state index contributed by atoms with van der Waals surface area (Å²) in [6.07, 6.45) is 3.73. The number of rotatable bonds is 4. The van der Waals surface area contributed by atoms with E-state index in [1.165, 1.54) is 21.3 Å². The summed E-state index contributed by atoms with van der Waals surface area (Å²) in [5, 5.41) is 0.138. The Kier molecular flexibility index (Phi) is 6.43. The summed E-state index contributed by atoms with van der Waals surface area (Å²) in [5.41, 5.74) is 2.08. The number of halogens is 1. The summed E-state index contributed by atoms with van der Waals surface area (Å²) in [7, 11) is -2.06. The van der Waals surface area contributed by atoms with Crippen molar-refractivity contribution >= 4 is 33.2 Å². The molecule has 3 rings (SSSR count). The first-order chi connectivity index (χ1) is 13.3. The standard InChI is InChI=1S/C21H25ClN2O3S/c1-16-8-7-9-18(14-16)23(2)21(25)17-10-11-19(22)20(15-17)28(26,27)24-12-5-3-4-6-13-24/h7-11,14-15H,3-6,12-13H2,1-2H3. The van der Waals surface area contributed by atoms with Crippen LogP contribution in [0.3, 0.4) is 0 Å². The second-order valence-corrected chi connectivity index (χ2v) is 9.48. The van der Waals surface area contributed by atoms with Gasteiger partial charge in [0.2, 0.25) is 10.0 Å². The molecule has 0 unspecified atom stereocenters. The van der Waals surface area contributed by atoms with E-state index < -0.39 is 10.0 Å². The van der Waals surface area contributed by atoms with Crippen molar-refractivity contribution in [1.82, 2.24) is 4.31 Å². The highest BCUT2D eigenvalue weighted by Crippen LogP contribution is 2.28. The summed E-state index contributed by atoms with van der Waals surface area (Å²) in [6, 6.07) is 12.0. The minimum atomic E-state index is -3.74. The van der Waals surface area contributed by atoms with Crippen molar-refractivity contribution in [2.75, 3.05) is 25.0 Å². The van der Waals surface area contributed by atoms with Crippen LogP contribution in [0.15, 0.2) is 47.4 Å². The average Bonchev–Trinajstić information content (AvgIpc) is 2.97. The summed E-state index contributed by atoms with van der Waals surface area (Å²) in [6.45, 7) is 2.93. The molecule has 1 amide bonds. The maximum Gasteiger partial charge on any atom is 0.258 e. The smallest absolute Gasteiger partial charge is 0.258 e. The average molecular weight is 421 g/mol. The number of anilines is 1. The van der Waals surface area contributed by atoms with Gasteiger partial charge in [-0.15, -0.1) is 0 Å². The van der Waals surface area contributed by atoms with Crippen LogP contribution in [0, 0.1) is 6.92 Å². The van der Waals surface area contributed by atoms with E-state index in [0.717, 1.165) is 36.9 Å². The second kappa shape index (κ2) is 8.64. The Bertz CT molecular complexity index is 967. The lowest BCUT2D eigenvalue weighted by atomic mass is 10.1. The van der Waals surface area contributed by atoms with Gasteiger partial charge in [-0.3, -0.25) is 4.79 Å². The molecule has 28 heavy (non-hydrogen) atoms. The predicted octanol–water partition coefficient (Wildman–Crippen LogP) is 4.49. The first kappa shape index (κ1) is 20.8. The molecule has 0 spiro atoms. The van der Waals surface area contributed by atoms with E-state index in [2.05, 4.69) is 0 Å². The SMILES string of the molecule is Cc1cccc(N(C)C(=O)c2ccc(Cl)c(S(=O)(=O)N3CCCCCC3)c2)c1. The van der Waals surface area contributed by atoms with Crippen LogP contribution in [0.25, 0.3) is 0 Å². The number of nitrogens with zero attached hydrogens (tertiary/aromatic N) is 2. The van der Waals surface area contributed by atoms with Crippen LogP contribution < -0.4 is 4.90 Å². The van der Waals surface area contributed by atoms with Crippen molar-refractivity contribution in [2.24, 2.45) is 0 Å². The van der Waals surface area contributed by atoms with E-state index in [-0.39, 0.29) is 15.8 Å². The van der Waals surface area contributed by atoms with Gasteiger partial charge in [-0.2, -0.15) is 4.31 Å². The van der Waals surface area contributed by atoms with E-state index >= 15 is 0 Å². The lowest BCUT2D eigenvalue weighted by Gasteiger charge is -2.22. The van der Waals surface area contributed by atoms with Gasteiger partial charge in [-0.05, 0) is 55.7 Å². The zero-order valence-corrected chi connectivity index (χ0v) is 17.8. The highest BCUT2D eigenvalue weighted by atomic mass is 35.5. The third-order valence-electron chi connectivity index (χ3n) is 5.05. The fraction of sp³-hybridized carbons (Fsp3) is 0.381. The van der Waals surface area contributed by atoms with Gasteiger partial charge in [0.05, 0.1) is 5.02 Å². The Hall–Kier alpha value is -1.89. The molecule has 1 aliphatic rings. The number of benzene rings is 2. The molecule has 1 aliphatic heterocycles. The van der Waals surface area contributed by atoms with Crippen LogP contribution in [-0.4, -0.2) is 38.8 Å². The molecule has 0 radical (unpaired) electrons. The Morgan fingerprint density at radius 1 is 1.04 bits per heavy atom. The Morgan fingerprint density at radius 3 is 2.36 bits per heavy atom. The van der Waals surface area contributed by atoms with E-state index in [1.807, 2.05) is 31.2 Å². The maximum atomic E-state index is 13.1. The lowest BCUT2D eigenvalue weighted by molar-refractivity contribution is 0.0993. The molecule has 0 aliphatic carbocycles. The maximum absolute atomic E-state index is 13.1. The van der Waals surface area contributed by atoms with Gasteiger partial charge < -0.3 is 4.90 Å². The van der Waals surface area contributed by atoms with Crippen molar-refractivity contribution in [3.8, 4) is 0 Å². The van der Waals surface area contributed by atoms with Crippen LogP contribution in [0.1, 0.15) is 41.6 Å². The number of hydrogen-bond acceptors (Lipinski definition) is 3. The molecular weight excluding hydrogens is 396 g/mol. The summed E-state index contributed by atoms with van der Waals surface area (Å²) < 4.78 is 27.8. The molecule has 1 heterocycles. The van der Waals surface area contributed by atoms with Crippen LogP contribution in [0.4, 0.5) is 5.69 Å². The molecule has 150 valence electrons. The number of amides is 1. The van der Waals surface area contributed by atoms with Crippen molar-refractivity contribution in [3.05, 3.63) is 58.6 Å². The van der Waals surface area contributed by atoms with Gasteiger partial charge >= 0.3 is 0 Å². The second-order valence-electron chi connectivity index (χ2n) is 7.17. The zero-order valence-electron chi connectivity index (χ0n) is 16.2. The van der Waals surface area contributed by atoms with Crippen LogP contribution >= 0.6 is 11.6 Å². The van der Waals surface area contributed by atoms with E-state index in [9.17, 15) is 13.2 Å². The fourth-order valence-corrected chi connectivity index (χ4v) is 5.42. The predicted molar refractivity (Wildman–Crippen MR) is 113 cm³/mol. The number of carbonyl (C=O) groups excluding carboxylic acids is 1. The molecule has 0 bridgehead atoms. The normalized spacial score (nSPS) is 15.8. The Labute approximate surface area is 172 Å². The van der Waals surface area contributed by atoms with Crippen molar-refractivity contribution in [2.45, 2.75) is 37.5 Å². The largest absolute Gasteiger partial charge is 0.311 e. The van der Waals surface area contributed by atoms with Crippen molar-refractivity contribution in [1.29, 1.82) is 0 Å². The molecule has 0 saturated carbocycles. The summed E-state index contributed by atoms with van der Waals surface area (Å²) in [5.74, 6) is -0.283. The molecule has 1 saturated heterocycles. The van der Waals surface area contributed by atoms with Crippen LogP contribution in [-0.2, 0) is 10.0 Å².